The molecule has 5 heteroatoms. The largest absolute Gasteiger partial charge is 0.598 e. The Hall–Kier alpha value is -0.780. The summed E-state index contributed by atoms with van der Waals surface area (Å²) in [7, 11) is 1.43. The summed E-state index contributed by atoms with van der Waals surface area (Å²) in [4.78, 5) is 0. The Morgan fingerprint density at radius 2 is 2.00 bits per heavy atom. The molecule has 3 nitrogen and oxygen atoms in total. The second-order valence-corrected chi connectivity index (χ2v) is 7.08. The number of rotatable bonds is 4. The van der Waals surface area contributed by atoms with Gasteiger partial charge in [0.05, 0.1) is 13.2 Å². The summed E-state index contributed by atoms with van der Waals surface area (Å²) < 4.78 is 33.2. The second-order valence-electron chi connectivity index (χ2n) is 5.08. The first-order chi connectivity index (χ1) is 8.27. The minimum absolute atomic E-state index is 0.198. The standard InChI is InChI=1S/C13H20FNO2S/c1-9(15-18(16)13(2,3)4)10-7-6-8-11(14)12(10)17-5/h6-9,15H,1-5H3/t9?,18-/m0/s1. The van der Waals surface area contributed by atoms with Gasteiger partial charge in [0.15, 0.2) is 11.6 Å². The number of nitrogens with one attached hydrogen (secondary N) is 1. The molecule has 0 aromatic heterocycles. The summed E-state index contributed by atoms with van der Waals surface area (Å²) in [5.41, 5.74) is 0.662. The smallest absolute Gasteiger partial charge is 0.165 e. The quantitative estimate of drug-likeness (QED) is 0.858. The molecule has 0 saturated heterocycles. The number of hydrogen-bond acceptors (Lipinski definition) is 3. The monoisotopic (exact) mass is 273 g/mol. The Bertz CT molecular complexity index is 406. The lowest BCUT2D eigenvalue weighted by molar-refractivity contribution is 0.377. The van der Waals surface area contributed by atoms with Gasteiger partial charge in [-0.3, -0.25) is 0 Å². The van der Waals surface area contributed by atoms with Gasteiger partial charge in [0.25, 0.3) is 0 Å². The highest BCUT2D eigenvalue weighted by Gasteiger charge is 2.29. The third-order valence-corrected chi connectivity index (χ3v) is 4.19. The molecule has 0 aliphatic rings. The van der Waals surface area contributed by atoms with Crippen LogP contribution in [0.2, 0.25) is 0 Å². The van der Waals surface area contributed by atoms with Gasteiger partial charge < -0.3 is 9.29 Å². The van der Waals surface area contributed by atoms with Crippen LogP contribution in [0, 0.1) is 5.82 Å². The molecule has 0 fully saturated rings. The molecular formula is C13H20FNO2S. The Labute approximate surface area is 111 Å². The van der Waals surface area contributed by atoms with E-state index in [1.165, 1.54) is 13.2 Å². The van der Waals surface area contributed by atoms with Crippen LogP contribution in [0.1, 0.15) is 39.3 Å². The van der Waals surface area contributed by atoms with Crippen LogP contribution in [0.25, 0.3) is 0 Å². The van der Waals surface area contributed by atoms with Crippen LogP contribution >= 0.6 is 0 Å². The molecule has 0 bridgehead atoms. The Balaban J connectivity index is 2.91. The van der Waals surface area contributed by atoms with Gasteiger partial charge in [0.2, 0.25) is 0 Å². The second kappa shape index (κ2) is 5.91. The number of ether oxygens (including phenoxy) is 1. The average molecular weight is 273 g/mol. The molecule has 18 heavy (non-hydrogen) atoms. The first-order valence-electron chi connectivity index (χ1n) is 5.77. The molecule has 102 valence electrons. The van der Waals surface area contributed by atoms with Gasteiger partial charge >= 0.3 is 0 Å². The predicted octanol–water partition coefficient (Wildman–Crippen LogP) is 2.95. The van der Waals surface area contributed by atoms with Crippen molar-refractivity contribution in [1.82, 2.24) is 4.72 Å². The normalized spacial score (nSPS) is 15.3. The van der Waals surface area contributed by atoms with Crippen molar-refractivity contribution in [3.8, 4) is 5.75 Å². The van der Waals surface area contributed by atoms with Crippen molar-refractivity contribution in [2.75, 3.05) is 7.11 Å². The van der Waals surface area contributed by atoms with Gasteiger partial charge in [-0.15, -0.1) is 4.72 Å². The van der Waals surface area contributed by atoms with Crippen LogP contribution in [-0.2, 0) is 11.4 Å². The van der Waals surface area contributed by atoms with E-state index in [-0.39, 0.29) is 16.5 Å². The lowest BCUT2D eigenvalue weighted by Crippen LogP contribution is -2.40. The van der Waals surface area contributed by atoms with Gasteiger partial charge in [0, 0.05) is 16.9 Å². The van der Waals surface area contributed by atoms with Crippen molar-refractivity contribution in [1.29, 1.82) is 0 Å². The fraction of sp³-hybridized carbons (Fsp3) is 0.538. The third-order valence-electron chi connectivity index (χ3n) is 2.51. The minimum atomic E-state index is -1.21. The van der Waals surface area contributed by atoms with E-state index in [0.29, 0.717) is 5.56 Å². The molecule has 0 aliphatic heterocycles. The molecule has 0 heterocycles. The maximum atomic E-state index is 13.6. The molecule has 0 amide bonds. The Morgan fingerprint density at radius 1 is 1.39 bits per heavy atom. The van der Waals surface area contributed by atoms with E-state index >= 15 is 0 Å². The minimum Gasteiger partial charge on any atom is -0.598 e. The molecule has 1 aromatic rings. The maximum Gasteiger partial charge on any atom is 0.165 e. The zero-order valence-corrected chi connectivity index (χ0v) is 12.2. The van der Waals surface area contributed by atoms with Gasteiger partial charge in [-0.1, -0.05) is 12.1 Å². The first-order valence-corrected chi connectivity index (χ1v) is 6.92. The van der Waals surface area contributed by atoms with Crippen LogP contribution in [0.4, 0.5) is 4.39 Å². The fourth-order valence-electron chi connectivity index (χ4n) is 1.48. The molecule has 2 atom stereocenters. The SMILES string of the molecule is COc1c(F)cccc1C(C)N[S@@+]([O-])C(C)(C)C. The molecule has 1 unspecified atom stereocenters. The summed E-state index contributed by atoms with van der Waals surface area (Å²) >= 11 is -1.21. The molecule has 0 radical (unpaired) electrons. The van der Waals surface area contributed by atoms with E-state index in [4.69, 9.17) is 4.74 Å². The summed E-state index contributed by atoms with van der Waals surface area (Å²) in [5, 5.41) is 0. The van der Waals surface area contributed by atoms with Crippen molar-refractivity contribution < 1.29 is 13.7 Å². The number of halogens is 1. The average Bonchev–Trinajstić information content (AvgIpc) is 2.27. The summed E-state index contributed by atoms with van der Waals surface area (Å²) in [5.74, 6) is -0.214. The third kappa shape index (κ3) is 3.60. The Kier molecular flexibility index (Phi) is 5.01. The van der Waals surface area contributed by atoms with Crippen molar-refractivity contribution in [2.24, 2.45) is 0 Å². The molecule has 0 spiro atoms. The van der Waals surface area contributed by atoms with Crippen LogP contribution in [0.15, 0.2) is 18.2 Å². The summed E-state index contributed by atoms with van der Waals surface area (Å²) in [6.07, 6.45) is 0. The van der Waals surface area contributed by atoms with E-state index in [2.05, 4.69) is 4.72 Å². The van der Waals surface area contributed by atoms with Gasteiger partial charge in [-0.2, -0.15) is 0 Å². The molecule has 1 N–H and O–H groups in total. The molecule has 0 saturated carbocycles. The highest BCUT2D eigenvalue weighted by molar-refractivity contribution is 7.90. The molecular weight excluding hydrogens is 253 g/mol. The highest BCUT2D eigenvalue weighted by atomic mass is 32.2. The highest BCUT2D eigenvalue weighted by Crippen LogP contribution is 2.29. The summed E-state index contributed by atoms with van der Waals surface area (Å²) in [6, 6.07) is 4.47. The fourth-order valence-corrected chi connectivity index (χ4v) is 2.28. The van der Waals surface area contributed by atoms with Crippen molar-refractivity contribution >= 4 is 11.4 Å². The number of hydrogen-bond donors (Lipinski definition) is 1. The zero-order valence-electron chi connectivity index (χ0n) is 11.4. The van der Waals surface area contributed by atoms with Crippen molar-refractivity contribution in [3.05, 3.63) is 29.6 Å². The Morgan fingerprint density at radius 3 is 2.50 bits per heavy atom. The van der Waals surface area contributed by atoms with Crippen LogP contribution < -0.4 is 9.46 Å². The van der Waals surface area contributed by atoms with E-state index in [0.717, 1.165) is 0 Å². The van der Waals surface area contributed by atoms with Gasteiger partial charge in [0.1, 0.15) is 4.75 Å². The lowest BCUT2D eigenvalue weighted by Gasteiger charge is -2.27. The topological polar surface area (TPSA) is 44.3 Å². The van der Waals surface area contributed by atoms with Crippen LogP contribution in [-0.4, -0.2) is 16.4 Å². The lowest BCUT2D eigenvalue weighted by atomic mass is 10.1. The van der Waals surface area contributed by atoms with E-state index in [1.807, 2.05) is 27.7 Å². The number of para-hydroxylation sites is 1. The maximum absolute atomic E-state index is 13.6. The van der Waals surface area contributed by atoms with E-state index in [1.54, 1.807) is 12.1 Å². The molecule has 0 aliphatic carbocycles. The number of methoxy groups -OCH3 is 1. The van der Waals surface area contributed by atoms with Crippen LogP contribution in [0.5, 0.6) is 5.75 Å². The number of benzene rings is 1. The van der Waals surface area contributed by atoms with Gasteiger partial charge in [-0.25, -0.2) is 4.39 Å². The first kappa shape index (κ1) is 15.3. The summed E-state index contributed by atoms with van der Waals surface area (Å²) in [6.45, 7) is 7.48. The van der Waals surface area contributed by atoms with Crippen LogP contribution in [0.3, 0.4) is 0 Å². The predicted molar refractivity (Wildman–Crippen MR) is 72.4 cm³/mol. The van der Waals surface area contributed by atoms with Crippen molar-refractivity contribution in [2.45, 2.75) is 38.5 Å². The van der Waals surface area contributed by atoms with E-state index < -0.39 is 17.2 Å². The molecule has 1 rings (SSSR count). The zero-order chi connectivity index (χ0) is 13.9. The van der Waals surface area contributed by atoms with Gasteiger partial charge in [-0.05, 0) is 33.8 Å². The van der Waals surface area contributed by atoms with Crippen molar-refractivity contribution in [3.63, 3.8) is 0 Å². The molecule has 1 aromatic carbocycles. The van der Waals surface area contributed by atoms with E-state index in [9.17, 15) is 8.94 Å².